The van der Waals surface area contributed by atoms with E-state index in [1.54, 1.807) is 20.7 Å². The Morgan fingerprint density at radius 1 is 1.11 bits per heavy atom. The maximum absolute atomic E-state index is 5.66. The summed E-state index contributed by atoms with van der Waals surface area (Å²) < 4.78 is 5.35. The molecular weight excluding hydrogens is 388 g/mol. The van der Waals surface area contributed by atoms with Gasteiger partial charge in [0.15, 0.2) is 11.7 Å². The number of aromatic nitrogens is 5. The molecule has 0 amide bonds. The molecule has 2 atom stereocenters. The number of tetrazole rings is 1. The maximum atomic E-state index is 5.66. The predicted molar refractivity (Wildman–Crippen MR) is 115 cm³/mol. The van der Waals surface area contributed by atoms with Gasteiger partial charge in [-0.1, -0.05) is 24.3 Å². The first-order valence-electron chi connectivity index (χ1n) is 9.23. The van der Waals surface area contributed by atoms with Crippen LogP contribution >= 0.6 is 23.6 Å². The number of benzene rings is 2. The van der Waals surface area contributed by atoms with Crippen molar-refractivity contribution in [1.82, 2.24) is 24.8 Å². The minimum atomic E-state index is 0.227. The molecule has 8 heteroatoms. The van der Waals surface area contributed by atoms with E-state index in [0.29, 0.717) is 11.4 Å². The fraction of sp³-hybridized carbons (Fsp3) is 0.300. The fourth-order valence-electron chi connectivity index (χ4n) is 3.15. The summed E-state index contributed by atoms with van der Waals surface area (Å²) in [5.41, 5.74) is 4.41. The van der Waals surface area contributed by atoms with E-state index in [1.807, 2.05) is 18.2 Å². The summed E-state index contributed by atoms with van der Waals surface area (Å²) in [6, 6.07) is 14.6. The summed E-state index contributed by atoms with van der Waals surface area (Å²) >= 11 is 7.40. The number of quaternary nitrogens is 1. The third kappa shape index (κ3) is 3.39. The molecule has 1 N–H and O–H groups in total. The van der Waals surface area contributed by atoms with E-state index in [2.05, 4.69) is 62.5 Å². The SMILES string of the molecule is Cc1cccc(-n2nnn(C[NH+](C)[C@H](C)c3nc4ccccc4s3)c2=S)c1C. The van der Waals surface area contributed by atoms with Crippen LogP contribution in [0, 0.1) is 18.6 Å². The molecule has 0 aliphatic heterocycles. The van der Waals surface area contributed by atoms with Crippen LogP contribution < -0.4 is 4.90 Å². The molecule has 6 nitrogen and oxygen atoms in total. The molecular formula is C20H23N6S2+. The lowest BCUT2D eigenvalue weighted by Gasteiger charge is -2.19. The van der Waals surface area contributed by atoms with Crippen molar-refractivity contribution in [2.24, 2.45) is 0 Å². The number of hydrogen-bond acceptors (Lipinski definition) is 5. The number of nitrogens with one attached hydrogen (secondary N) is 1. The Labute approximate surface area is 173 Å². The van der Waals surface area contributed by atoms with Gasteiger partial charge in [-0.25, -0.2) is 4.98 Å². The number of fused-ring (bicyclic) bond motifs is 1. The first-order valence-corrected chi connectivity index (χ1v) is 10.5. The van der Waals surface area contributed by atoms with Gasteiger partial charge in [0.1, 0.15) is 6.04 Å². The Hall–Kier alpha value is -2.42. The fourth-order valence-corrected chi connectivity index (χ4v) is 4.50. The highest BCUT2D eigenvalue weighted by Crippen LogP contribution is 2.24. The van der Waals surface area contributed by atoms with Crippen molar-refractivity contribution >= 4 is 33.8 Å². The molecule has 2 aromatic heterocycles. The number of hydrogen-bond donors (Lipinski definition) is 1. The number of aryl methyl sites for hydroxylation is 1. The number of thiazole rings is 1. The van der Waals surface area contributed by atoms with Gasteiger partial charge < -0.3 is 4.90 Å². The molecule has 0 saturated heterocycles. The zero-order valence-electron chi connectivity index (χ0n) is 16.4. The zero-order valence-corrected chi connectivity index (χ0v) is 18.0. The summed E-state index contributed by atoms with van der Waals surface area (Å²) in [6.07, 6.45) is 0. The van der Waals surface area contributed by atoms with Crippen LogP contribution in [0.3, 0.4) is 0 Å². The highest BCUT2D eigenvalue weighted by atomic mass is 32.1. The molecule has 2 heterocycles. The maximum Gasteiger partial charge on any atom is 0.225 e. The van der Waals surface area contributed by atoms with Crippen LogP contribution in [0.5, 0.6) is 0 Å². The van der Waals surface area contributed by atoms with Crippen molar-refractivity contribution in [3.8, 4) is 5.69 Å². The van der Waals surface area contributed by atoms with Crippen molar-refractivity contribution < 1.29 is 4.90 Å². The normalized spacial score (nSPS) is 13.7. The van der Waals surface area contributed by atoms with Gasteiger partial charge in [0.2, 0.25) is 4.77 Å². The lowest BCUT2D eigenvalue weighted by atomic mass is 10.1. The number of rotatable bonds is 5. The Morgan fingerprint density at radius 3 is 2.68 bits per heavy atom. The lowest BCUT2D eigenvalue weighted by Crippen LogP contribution is -3.08. The van der Waals surface area contributed by atoms with Crippen LogP contribution in [0.25, 0.3) is 15.9 Å². The van der Waals surface area contributed by atoms with E-state index in [1.165, 1.54) is 15.2 Å². The van der Waals surface area contributed by atoms with Crippen LogP contribution in [0.4, 0.5) is 0 Å². The molecule has 0 radical (unpaired) electrons. The predicted octanol–water partition coefficient (Wildman–Crippen LogP) is 3.26. The van der Waals surface area contributed by atoms with Gasteiger partial charge in [0.05, 0.1) is 23.0 Å². The van der Waals surface area contributed by atoms with Crippen molar-refractivity contribution in [2.45, 2.75) is 33.5 Å². The van der Waals surface area contributed by atoms with Crippen LogP contribution in [-0.4, -0.2) is 31.8 Å². The van der Waals surface area contributed by atoms with Gasteiger partial charge in [0, 0.05) is 0 Å². The van der Waals surface area contributed by atoms with Crippen LogP contribution in [0.1, 0.15) is 29.1 Å². The molecule has 0 aliphatic carbocycles. The summed E-state index contributed by atoms with van der Waals surface area (Å²) in [7, 11) is 2.13. The average Bonchev–Trinajstić information content (AvgIpc) is 3.27. The van der Waals surface area contributed by atoms with Crippen LogP contribution in [0.2, 0.25) is 0 Å². The van der Waals surface area contributed by atoms with Gasteiger partial charge in [-0.3, -0.25) is 0 Å². The van der Waals surface area contributed by atoms with E-state index in [9.17, 15) is 0 Å². The van der Waals surface area contributed by atoms with E-state index in [4.69, 9.17) is 17.2 Å². The van der Waals surface area contributed by atoms with Crippen LogP contribution in [-0.2, 0) is 6.67 Å². The van der Waals surface area contributed by atoms with E-state index in [-0.39, 0.29) is 6.04 Å². The zero-order chi connectivity index (χ0) is 19.8. The molecule has 0 aliphatic rings. The second kappa shape index (κ2) is 7.54. The van der Waals surface area contributed by atoms with Gasteiger partial charge in [-0.2, -0.15) is 9.36 Å². The van der Waals surface area contributed by atoms with E-state index < -0.39 is 0 Å². The largest absolute Gasteiger partial charge is 0.311 e. The summed E-state index contributed by atoms with van der Waals surface area (Å²) in [4.78, 5) is 6.05. The molecule has 0 fully saturated rings. The second-order valence-electron chi connectivity index (χ2n) is 7.14. The Morgan fingerprint density at radius 2 is 1.89 bits per heavy atom. The molecule has 0 bridgehead atoms. The van der Waals surface area contributed by atoms with Crippen molar-refractivity contribution in [3.05, 3.63) is 63.4 Å². The molecule has 28 heavy (non-hydrogen) atoms. The topological polar surface area (TPSA) is 53.0 Å². The molecule has 144 valence electrons. The van der Waals surface area contributed by atoms with Crippen molar-refractivity contribution in [3.63, 3.8) is 0 Å². The van der Waals surface area contributed by atoms with Gasteiger partial charge >= 0.3 is 0 Å². The van der Waals surface area contributed by atoms with Gasteiger partial charge in [-0.15, -0.1) is 11.3 Å². The van der Waals surface area contributed by atoms with Gasteiger partial charge in [0.25, 0.3) is 0 Å². The molecule has 0 saturated carbocycles. The monoisotopic (exact) mass is 411 g/mol. The van der Waals surface area contributed by atoms with Gasteiger partial charge in [-0.05, 0) is 72.7 Å². The number of nitrogens with zero attached hydrogens (tertiary/aromatic N) is 5. The lowest BCUT2D eigenvalue weighted by molar-refractivity contribution is -0.933. The number of para-hydroxylation sites is 1. The van der Waals surface area contributed by atoms with Crippen LogP contribution in [0.15, 0.2) is 42.5 Å². The quantitative estimate of drug-likeness (QED) is 0.512. The Bertz CT molecular complexity index is 1160. The van der Waals surface area contributed by atoms with Crippen molar-refractivity contribution in [2.75, 3.05) is 7.05 Å². The summed E-state index contributed by atoms with van der Waals surface area (Å²) in [5.74, 6) is 0. The highest BCUT2D eigenvalue weighted by molar-refractivity contribution is 7.71. The van der Waals surface area contributed by atoms with E-state index in [0.717, 1.165) is 21.8 Å². The third-order valence-electron chi connectivity index (χ3n) is 5.26. The van der Waals surface area contributed by atoms with Crippen molar-refractivity contribution in [1.29, 1.82) is 0 Å². The first kappa shape index (κ1) is 18.9. The summed E-state index contributed by atoms with van der Waals surface area (Å²) in [6.45, 7) is 6.98. The molecule has 4 aromatic rings. The first-order chi connectivity index (χ1) is 13.5. The smallest absolute Gasteiger partial charge is 0.225 e. The molecule has 1 unspecified atom stereocenters. The Balaban J connectivity index is 1.58. The summed E-state index contributed by atoms with van der Waals surface area (Å²) in [5, 5.41) is 9.73. The minimum Gasteiger partial charge on any atom is -0.311 e. The van der Waals surface area contributed by atoms with E-state index >= 15 is 0 Å². The minimum absolute atomic E-state index is 0.227. The third-order valence-corrected chi connectivity index (χ3v) is 6.87. The molecule has 2 aromatic carbocycles. The Kier molecular flexibility index (Phi) is 5.09. The highest BCUT2D eigenvalue weighted by Gasteiger charge is 2.21. The molecule has 0 spiro atoms. The standard InChI is InChI=1S/C20H22N6S2/c1-13-8-7-10-17(14(13)2)26-20(27)25(22-23-26)12-24(4)15(3)19-21-16-9-5-6-11-18(16)28-19/h5-11,15H,12H2,1-4H3/p+1/t15-/m1/s1. The average molecular weight is 412 g/mol. The second-order valence-corrected chi connectivity index (χ2v) is 8.57. The molecule has 4 rings (SSSR count).